The summed E-state index contributed by atoms with van der Waals surface area (Å²) >= 11 is 0. The first-order valence-corrected chi connectivity index (χ1v) is 8.62. The van der Waals surface area contributed by atoms with Crippen LogP contribution in [-0.2, 0) is 0 Å². The Balaban J connectivity index is 1.74. The minimum atomic E-state index is 0.520. The molecule has 2 fully saturated rings. The molecule has 0 amide bonds. The number of hydrogen-bond donors (Lipinski definition) is 1. The van der Waals surface area contributed by atoms with E-state index < -0.39 is 0 Å². The average molecular weight is 275 g/mol. The molecule has 0 bridgehead atoms. The maximum Gasteiger partial charge on any atom is 0.0951 e. The Morgan fingerprint density at radius 3 is 2.50 bits per heavy atom. The topological polar surface area (TPSA) is 29.9 Å². The lowest BCUT2D eigenvalue weighted by Gasteiger charge is -2.31. The molecule has 2 unspecified atom stereocenters. The molecule has 20 heavy (non-hydrogen) atoms. The number of rotatable bonds is 2. The quantitative estimate of drug-likeness (QED) is 0.868. The van der Waals surface area contributed by atoms with Crippen LogP contribution in [0.5, 0.6) is 0 Å². The van der Waals surface area contributed by atoms with Crippen molar-refractivity contribution in [1.82, 2.24) is 14.9 Å². The van der Waals surface area contributed by atoms with Gasteiger partial charge in [0.2, 0.25) is 0 Å². The summed E-state index contributed by atoms with van der Waals surface area (Å²) in [6.07, 6.45) is 17.8. The van der Waals surface area contributed by atoms with E-state index in [1.54, 1.807) is 0 Å². The van der Waals surface area contributed by atoms with Crippen LogP contribution in [0.2, 0.25) is 0 Å². The lowest BCUT2D eigenvalue weighted by Crippen LogP contribution is -2.36. The van der Waals surface area contributed by atoms with E-state index in [0.717, 1.165) is 0 Å². The maximum absolute atomic E-state index is 4.47. The summed E-state index contributed by atoms with van der Waals surface area (Å²) in [6.45, 7) is 2.31. The number of imidazole rings is 1. The number of nitrogens with one attached hydrogen (secondary N) is 1. The number of aromatic nitrogens is 2. The van der Waals surface area contributed by atoms with E-state index in [0.29, 0.717) is 18.1 Å². The van der Waals surface area contributed by atoms with Gasteiger partial charge in [-0.05, 0) is 39.0 Å². The molecular weight excluding hydrogens is 246 g/mol. The van der Waals surface area contributed by atoms with Crippen LogP contribution in [0.25, 0.3) is 0 Å². The van der Waals surface area contributed by atoms with Crippen LogP contribution in [0.1, 0.15) is 88.9 Å². The monoisotopic (exact) mass is 275 g/mol. The predicted molar refractivity (Wildman–Crippen MR) is 82.8 cm³/mol. The highest BCUT2D eigenvalue weighted by molar-refractivity contribution is 5.08. The molecule has 112 valence electrons. The van der Waals surface area contributed by atoms with E-state index in [1.807, 2.05) is 0 Å². The zero-order valence-corrected chi connectivity index (χ0v) is 12.9. The lowest BCUT2D eigenvalue weighted by molar-refractivity contribution is 0.307. The first-order chi connectivity index (χ1) is 9.84. The first-order valence-electron chi connectivity index (χ1n) is 8.62. The summed E-state index contributed by atoms with van der Waals surface area (Å²) in [5, 5.41) is 3.77. The van der Waals surface area contributed by atoms with Crippen molar-refractivity contribution in [3.05, 3.63) is 18.2 Å². The Bertz CT molecular complexity index is 404. The Kier molecular flexibility index (Phi) is 4.77. The Hall–Kier alpha value is -0.830. The Morgan fingerprint density at radius 1 is 1.00 bits per heavy atom. The summed E-state index contributed by atoms with van der Waals surface area (Å²) in [5.41, 5.74) is 1.43. The number of piperidine rings is 1. The summed E-state index contributed by atoms with van der Waals surface area (Å²) in [5.74, 6) is 0. The van der Waals surface area contributed by atoms with Gasteiger partial charge in [0.25, 0.3) is 0 Å². The second kappa shape index (κ2) is 6.75. The Labute approximate surface area is 123 Å². The molecule has 2 aliphatic rings. The fourth-order valence-corrected chi connectivity index (χ4v) is 3.97. The van der Waals surface area contributed by atoms with Gasteiger partial charge in [0.1, 0.15) is 0 Å². The molecule has 1 aliphatic carbocycles. The first kappa shape index (κ1) is 14.1. The molecule has 0 spiro atoms. The van der Waals surface area contributed by atoms with Crippen molar-refractivity contribution in [2.75, 3.05) is 0 Å². The molecule has 1 aromatic heterocycles. The number of hydrogen-bond acceptors (Lipinski definition) is 2. The zero-order chi connectivity index (χ0) is 13.8. The summed E-state index contributed by atoms with van der Waals surface area (Å²) in [6, 6.07) is 1.85. The van der Waals surface area contributed by atoms with Crippen molar-refractivity contribution in [3.8, 4) is 0 Å². The van der Waals surface area contributed by atoms with E-state index in [-0.39, 0.29) is 0 Å². The normalized spacial score (nSPS) is 29.9. The molecule has 2 atom stereocenters. The Morgan fingerprint density at radius 2 is 1.75 bits per heavy atom. The summed E-state index contributed by atoms with van der Waals surface area (Å²) < 4.78 is 2.50. The van der Waals surface area contributed by atoms with Crippen LogP contribution < -0.4 is 5.32 Å². The van der Waals surface area contributed by atoms with Crippen molar-refractivity contribution in [2.45, 2.75) is 89.3 Å². The van der Waals surface area contributed by atoms with Gasteiger partial charge in [-0.25, -0.2) is 4.98 Å². The van der Waals surface area contributed by atoms with Gasteiger partial charge in [0.15, 0.2) is 0 Å². The third kappa shape index (κ3) is 3.25. The van der Waals surface area contributed by atoms with E-state index in [9.17, 15) is 0 Å². The van der Waals surface area contributed by atoms with Crippen LogP contribution in [0, 0.1) is 0 Å². The van der Waals surface area contributed by atoms with Gasteiger partial charge in [-0.2, -0.15) is 0 Å². The van der Waals surface area contributed by atoms with E-state index in [4.69, 9.17) is 0 Å². The fraction of sp³-hybridized carbons (Fsp3) is 0.824. The maximum atomic E-state index is 4.47. The highest BCUT2D eigenvalue weighted by Gasteiger charge is 2.24. The summed E-state index contributed by atoms with van der Waals surface area (Å²) in [7, 11) is 0. The smallest absolute Gasteiger partial charge is 0.0951 e. The molecule has 3 rings (SSSR count). The lowest BCUT2D eigenvalue weighted by atomic mass is 9.94. The van der Waals surface area contributed by atoms with Gasteiger partial charge < -0.3 is 9.88 Å². The second-order valence-corrected chi connectivity index (χ2v) is 6.78. The summed E-state index contributed by atoms with van der Waals surface area (Å²) in [4.78, 5) is 4.47. The molecule has 3 heteroatoms. The average Bonchev–Trinajstić information content (AvgIpc) is 2.87. The van der Waals surface area contributed by atoms with Crippen LogP contribution in [-0.4, -0.2) is 15.6 Å². The van der Waals surface area contributed by atoms with Crippen LogP contribution in [0.15, 0.2) is 12.5 Å². The van der Waals surface area contributed by atoms with E-state index in [1.165, 1.54) is 69.9 Å². The molecule has 0 aromatic carbocycles. The van der Waals surface area contributed by atoms with E-state index >= 15 is 0 Å². The molecule has 0 radical (unpaired) electrons. The molecule has 1 aliphatic heterocycles. The molecule has 1 saturated heterocycles. The zero-order valence-electron chi connectivity index (χ0n) is 12.9. The van der Waals surface area contributed by atoms with Crippen molar-refractivity contribution in [3.63, 3.8) is 0 Å². The number of nitrogens with zero attached hydrogens (tertiary/aromatic N) is 2. The minimum absolute atomic E-state index is 0.520. The molecule has 2 heterocycles. The molecule has 1 N–H and O–H groups in total. The van der Waals surface area contributed by atoms with Gasteiger partial charge >= 0.3 is 0 Å². The molecular formula is C17H29N3. The fourth-order valence-electron chi connectivity index (χ4n) is 3.97. The molecule has 1 saturated carbocycles. The van der Waals surface area contributed by atoms with Crippen LogP contribution in [0.4, 0.5) is 0 Å². The van der Waals surface area contributed by atoms with Gasteiger partial charge in [-0.15, -0.1) is 0 Å². The van der Waals surface area contributed by atoms with E-state index in [2.05, 4.69) is 34.3 Å². The van der Waals surface area contributed by atoms with Gasteiger partial charge in [-0.3, -0.25) is 0 Å². The van der Waals surface area contributed by atoms with Gasteiger partial charge in [0.05, 0.1) is 12.0 Å². The highest BCUT2D eigenvalue weighted by atomic mass is 15.1. The SMILES string of the molecule is CC1CCCC(c2cncn2C2CCCCCCC2)N1. The largest absolute Gasteiger partial charge is 0.330 e. The van der Waals surface area contributed by atoms with Crippen molar-refractivity contribution in [1.29, 1.82) is 0 Å². The van der Waals surface area contributed by atoms with Crippen LogP contribution in [0.3, 0.4) is 0 Å². The second-order valence-electron chi connectivity index (χ2n) is 6.78. The van der Waals surface area contributed by atoms with Crippen LogP contribution >= 0.6 is 0 Å². The third-order valence-electron chi connectivity index (χ3n) is 5.14. The predicted octanol–water partition coefficient (Wildman–Crippen LogP) is 4.37. The minimum Gasteiger partial charge on any atom is -0.330 e. The van der Waals surface area contributed by atoms with Crippen molar-refractivity contribution in [2.24, 2.45) is 0 Å². The molecule has 1 aromatic rings. The third-order valence-corrected chi connectivity index (χ3v) is 5.14. The molecule has 3 nitrogen and oxygen atoms in total. The van der Waals surface area contributed by atoms with Crippen molar-refractivity contribution >= 4 is 0 Å². The highest BCUT2D eigenvalue weighted by Crippen LogP contribution is 2.32. The standard InChI is InChI=1S/C17H29N3/c1-14-8-7-11-16(19-14)17-12-18-13-20(17)15-9-5-3-2-4-6-10-15/h12-16,19H,2-11H2,1H3. The van der Waals surface area contributed by atoms with Gasteiger partial charge in [-0.1, -0.05) is 32.1 Å². The van der Waals surface area contributed by atoms with Gasteiger partial charge in [0, 0.05) is 24.3 Å². The van der Waals surface area contributed by atoms with Crippen molar-refractivity contribution < 1.29 is 0 Å².